The third-order valence-electron chi connectivity index (χ3n) is 4.90. The Balaban J connectivity index is 1.91. The van der Waals surface area contributed by atoms with Gasteiger partial charge >= 0.3 is 0 Å². The van der Waals surface area contributed by atoms with Crippen molar-refractivity contribution in [1.29, 1.82) is 5.26 Å². The smallest absolute Gasteiger partial charge is 0.205 e. The molecule has 1 heterocycles. The highest BCUT2D eigenvalue weighted by molar-refractivity contribution is 6.30. The van der Waals surface area contributed by atoms with Crippen LogP contribution in [0.15, 0.2) is 59.5 Å². The van der Waals surface area contributed by atoms with Crippen molar-refractivity contribution in [2.24, 2.45) is 5.73 Å². The topological polar surface area (TPSA) is 59.0 Å². The number of nitriles is 1. The minimum absolute atomic E-state index is 0.180. The zero-order valence-electron chi connectivity index (χ0n) is 13.8. The number of halogens is 1. The van der Waals surface area contributed by atoms with Gasteiger partial charge in [0.2, 0.25) is 5.88 Å². The second-order valence-electron chi connectivity index (χ2n) is 6.49. The Hall–Kier alpha value is -2.70. The number of allylic oxidation sites excluding steroid dienone is 2. The SMILES string of the molecule is Cc1ccc2c(c1)CCC1=C2OC(N)=C(C#N)C1c1ccc(Cl)cc1. The molecule has 3 nitrogen and oxygen atoms in total. The number of hydrogen-bond acceptors (Lipinski definition) is 3. The molecule has 2 aromatic carbocycles. The van der Waals surface area contributed by atoms with E-state index in [4.69, 9.17) is 22.1 Å². The number of nitrogens with zero attached hydrogens (tertiary/aromatic N) is 1. The van der Waals surface area contributed by atoms with Crippen molar-refractivity contribution in [3.8, 4) is 6.07 Å². The van der Waals surface area contributed by atoms with Crippen LogP contribution in [0.2, 0.25) is 5.02 Å². The van der Waals surface area contributed by atoms with Crippen LogP contribution in [0.5, 0.6) is 0 Å². The van der Waals surface area contributed by atoms with Crippen molar-refractivity contribution in [1.82, 2.24) is 0 Å². The summed E-state index contributed by atoms with van der Waals surface area (Å²) >= 11 is 6.03. The number of rotatable bonds is 1. The molecular formula is C21H17ClN2O. The first-order valence-electron chi connectivity index (χ1n) is 8.24. The molecule has 0 saturated carbocycles. The van der Waals surface area contributed by atoms with Gasteiger partial charge in [-0.25, -0.2) is 0 Å². The number of hydrogen-bond donors (Lipinski definition) is 1. The van der Waals surface area contributed by atoms with E-state index in [-0.39, 0.29) is 11.8 Å². The van der Waals surface area contributed by atoms with Gasteiger partial charge in [-0.05, 0) is 48.6 Å². The summed E-state index contributed by atoms with van der Waals surface area (Å²) in [5.74, 6) is 0.813. The lowest BCUT2D eigenvalue weighted by molar-refractivity contribution is 0.349. The van der Waals surface area contributed by atoms with Crippen LogP contribution in [0.4, 0.5) is 0 Å². The fraction of sp³-hybridized carbons (Fsp3) is 0.190. The van der Waals surface area contributed by atoms with E-state index in [0.29, 0.717) is 10.6 Å². The van der Waals surface area contributed by atoms with Crippen LogP contribution in [0.25, 0.3) is 5.76 Å². The predicted octanol–water partition coefficient (Wildman–Crippen LogP) is 4.81. The third kappa shape index (κ3) is 2.59. The summed E-state index contributed by atoms with van der Waals surface area (Å²) in [5.41, 5.74) is 12.3. The summed E-state index contributed by atoms with van der Waals surface area (Å²) in [5, 5.41) is 10.3. The van der Waals surface area contributed by atoms with Crippen molar-refractivity contribution in [3.05, 3.63) is 86.8 Å². The van der Waals surface area contributed by atoms with Crippen molar-refractivity contribution in [3.63, 3.8) is 0 Å². The molecule has 0 saturated heterocycles. The Morgan fingerprint density at radius 3 is 2.64 bits per heavy atom. The van der Waals surface area contributed by atoms with Crippen LogP contribution < -0.4 is 5.73 Å². The van der Waals surface area contributed by atoms with Crippen LogP contribution in [-0.4, -0.2) is 0 Å². The number of aryl methyl sites for hydroxylation is 2. The molecular weight excluding hydrogens is 332 g/mol. The molecule has 0 bridgehead atoms. The van der Waals surface area contributed by atoms with E-state index < -0.39 is 0 Å². The van der Waals surface area contributed by atoms with Gasteiger partial charge in [0.15, 0.2) is 0 Å². The molecule has 4 heteroatoms. The number of fused-ring (bicyclic) bond motifs is 2. The van der Waals surface area contributed by atoms with E-state index in [2.05, 4.69) is 31.2 Å². The molecule has 0 fully saturated rings. The normalized spacial score (nSPS) is 19.0. The predicted molar refractivity (Wildman–Crippen MR) is 98.5 cm³/mol. The zero-order valence-corrected chi connectivity index (χ0v) is 14.6. The lowest BCUT2D eigenvalue weighted by Gasteiger charge is -2.33. The fourth-order valence-corrected chi connectivity index (χ4v) is 3.85. The first-order valence-corrected chi connectivity index (χ1v) is 8.62. The lowest BCUT2D eigenvalue weighted by Crippen LogP contribution is -2.23. The van der Waals surface area contributed by atoms with E-state index >= 15 is 0 Å². The van der Waals surface area contributed by atoms with Crippen LogP contribution in [0, 0.1) is 18.3 Å². The average molecular weight is 349 g/mol. The van der Waals surface area contributed by atoms with E-state index in [0.717, 1.165) is 35.3 Å². The minimum Gasteiger partial charge on any atom is -0.440 e. The van der Waals surface area contributed by atoms with Crippen molar-refractivity contribution >= 4 is 17.4 Å². The average Bonchev–Trinajstić information content (AvgIpc) is 2.61. The lowest BCUT2D eigenvalue weighted by atomic mass is 9.76. The summed E-state index contributed by atoms with van der Waals surface area (Å²) in [6.45, 7) is 2.09. The highest BCUT2D eigenvalue weighted by Gasteiger charge is 2.35. The second-order valence-corrected chi connectivity index (χ2v) is 6.93. The summed E-state index contributed by atoms with van der Waals surface area (Å²) in [6.07, 6.45) is 1.78. The fourth-order valence-electron chi connectivity index (χ4n) is 3.73. The first-order chi connectivity index (χ1) is 12.1. The quantitative estimate of drug-likeness (QED) is 0.804. The summed E-state index contributed by atoms with van der Waals surface area (Å²) < 4.78 is 5.92. The van der Waals surface area contributed by atoms with Gasteiger partial charge in [0.1, 0.15) is 17.4 Å². The van der Waals surface area contributed by atoms with Gasteiger partial charge in [-0.3, -0.25) is 0 Å². The van der Waals surface area contributed by atoms with Gasteiger partial charge in [0, 0.05) is 16.5 Å². The molecule has 124 valence electrons. The van der Waals surface area contributed by atoms with Crippen LogP contribution in [0.1, 0.15) is 34.6 Å². The molecule has 0 radical (unpaired) electrons. The summed E-state index contributed by atoms with van der Waals surface area (Å²) in [6, 6.07) is 16.2. The van der Waals surface area contributed by atoms with Gasteiger partial charge in [-0.1, -0.05) is 47.5 Å². The second kappa shape index (κ2) is 5.98. The number of nitrogens with two attached hydrogens (primary N) is 1. The molecule has 0 amide bonds. The molecule has 2 aliphatic rings. The Morgan fingerprint density at radius 1 is 1.16 bits per heavy atom. The van der Waals surface area contributed by atoms with Crippen LogP contribution in [-0.2, 0) is 11.2 Å². The van der Waals surface area contributed by atoms with Gasteiger partial charge in [-0.2, -0.15) is 5.26 Å². The number of benzene rings is 2. The molecule has 4 rings (SSSR count). The van der Waals surface area contributed by atoms with Gasteiger partial charge in [-0.15, -0.1) is 0 Å². The zero-order chi connectivity index (χ0) is 17.6. The first kappa shape index (κ1) is 15.8. The highest BCUT2D eigenvalue weighted by atomic mass is 35.5. The molecule has 2 aromatic rings. The summed E-state index contributed by atoms with van der Waals surface area (Å²) in [4.78, 5) is 0. The standard InChI is InChI=1S/C21H17ClN2O/c1-12-2-8-16-14(10-12)5-9-17-19(13-3-6-15(22)7-4-13)18(11-23)21(24)25-20(16)17/h2-4,6-8,10,19H,5,9,24H2,1H3. The van der Waals surface area contributed by atoms with Crippen molar-refractivity contribution in [2.75, 3.05) is 0 Å². The Labute approximate surface area is 152 Å². The van der Waals surface area contributed by atoms with E-state index in [1.807, 2.05) is 24.3 Å². The molecule has 1 aliphatic heterocycles. The third-order valence-corrected chi connectivity index (χ3v) is 5.15. The molecule has 0 spiro atoms. The Bertz CT molecular complexity index is 964. The van der Waals surface area contributed by atoms with E-state index in [1.165, 1.54) is 11.1 Å². The highest BCUT2D eigenvalue weighted by Crippen LogP contribution is 2.47. The Morgan fingerprint density at radius 2 is 1.92 bits per heavy atom. The molecule has 25 heavy (non-hydrogen) atoms. The van der Waals surface area contributed by atoms with Crippen molar-refractivity contribution in [2.45, 2.75) is 25.7 Å². The van der Waals surface area contributed by atoms with Gasteiger partial charge < -0.3 is 10.5 Å². The van der Waals surface area contributed by atoms with Gasteiger partial charge in [0.05, 0.1) is 0 Å². The number of ether oxygens (including phenoxy) is 1. The maximum Gasteiger partial charge on any atom is 0.205 e. The van der Waals surface area contributed by atoms with Crippen LogP contribution >= 0.6 is 11.6 Å². The van der Waals surface area contributed by atoms with Crippen LogP contribution in [0.3, 0.4) is 0 Å². The van der Waals surface area contributed by atoms with Crippen molar-refractivity contribution < 1.29 is 4.74 Å². The molecule has 1 unspecified atom stereocenters. The molecule has 1 aliphatic carbocycles. The molecule has 2 N–H and O–H groups in total. The van der Waals surface area contributed by atoms with Gasteiger partial charge in [0.25, 0.3) is 0 Å². The minimum atomic E-state index is -0.180. The maximum absolute atomic E-state index is 9.65. The van der Waals surface area contributed by atoms with E-state index in [9.17, 15) is 5.26 Å². The van der Waals surface area contributed by atoms with E-state index in [1.54, 1.807) is 0 Å². The largest absolute Gasteiger partial charge is 0.440 e. The Kier molecular flexibility index (Phi) is 3.78. The summed E-state index contributed by atoms with van der Waals surface area (Å²) in [7, 11) is 0. The molecule has 0 aromatic heterocycles. The molecule has 1 atom stereocenters. The monoisotopic (exact) mass is 348 g/mol. The maximum atomic E-state index is 9.65.